The number of piperidine rings is 1. The van der Waals surface area contributed by atoms with Gasteiger partial charge in [0.2, 0.25) is 0 Å². The molecule has 2 bridgehead atoms. The van der Waals surface area contributed by atoms with Crippen LogP contribution in [0.2, 0.25) is 0 Å². The van der Waals surface area contributed by atoms with Crippen LogP contribution in [0.4, 0.5) is 0 Å². The molecule has 2 heterocycles. The Morgan fingerprint density at radius 1 is 1.19 bits per heavy atom. The van der Waals surface area contributed by atoms with E-state index < -0.39 is 0 Å². The van der Waals surface area contributed by atoms with Gasteiger partial charge in [0.25, 0.3) is 0 Å². The second kappa shape index (κ2) is 4.25. The first-order chi connectivity index (χ1) is 7.72. The molecule has 3 fully saturated rings. The minimum absolute atomic E-state index is 0.0185. The van der Waals surface area contributed by atoms with Crippen molar-refractivity contribution < 1.29 is 5.11 Å². The third-order valence-corrected chi connectivity index (χ3v) is 6.26. The smallest absolute Gasteiger partial charge is 0.0570 e. The summed E-state index contributed by atoms with van der Waals surface area (Å²) in [5, 5.41) is 11.0. The molecule has 2 aliphatic heterocycles. The first-order valence-electron chi connectivity index (χ1n) is 6.72. The number of hydrogen-bond acceptors (Lipinski definition) is 2. The molecular formula is C13H22BrNO. The Labute approximate surface area is 107 Å². The summed E-state index contributed by atoms with van der Waals surface area (Å²) in [6, 6.07) is 1.37. The largest absolute Gasteiger partial charge is 0.393 e. The van der Waals surface area contributed by atoms with E-state index in [9.17, 15) is 5.11 Å². The van der Waals surface area contributed by atoms with E-state index in [2.05, 4.69) is 20.8 Å². The Morgan fingerprint density at radius 3 is 2.25 bits per heavy atom. The highest BCUT2D eigenvalue weighted by molar-refractivity contribution is 9.09. The number of fused-ring (bicyclic) bond motifs is 2. The fourth-order valence-electron chi connectivity index (χ4n) is 3.90. The molecule has 2 unspecified atom stereocenters. The Hall–Kier alpha value is 0.400. The molecule has 1 aliphatic carbocycles. The first kappa shape index (κ1) is 11.5. The maximum atomic E-state index is 9.80. The van der Waals surface area contributed by atoms with E-state index in [1.54, 1.807) is 0 Å². The molecule has 3 aliphatic rings. The van der Waals surface area contributed by atoms with E-state index >= 15 is 0 Å². The molecule has 92 valence electrons. The standard InChI is InChI=1S/C13H22BrNO/c14-8-13(4-1-5-13)9-15-10-2-3-11(15)7-12(16)6-10/h10-12,16H,1-9H2. The lowest BCUT2D eigenvalue weighted by Crippen LogP contribution is -2.52. The highest BCUT2D eigenvalue weighted by Crippen LogP contribution is 2.46. The molecule has 0 radical (unpaired) electrons. The summed E-state index contributed by atoms with van der Waals surface area (Å²) in [6.45, 7) is 1.28. The number of aliphatic hydroxyl groups excluding tert-OH is 1. The molecule has 1 saturated carbocycles. The van der Waals surface area contributed by atoms with Gasteiger partial charge in [0.1, 0.15) is 0 Å². The summed E-state index contributed by atoms with van der Waals surface area (Å²) in [4.78, 5) is 2.73. The van der Waals surface area contributed by atoms with Crippen molar-refractivity contribution in [2.24, 2.45) is 5.41 Å². The fraction of sp³-hybridized carbons (Fsp3) is 1.00. The van der Waals surface area contributed by atoms with Crippen molar-refractivity contribution in [2.75, 3.05) is 11.9 Å². The van der Waals surface area contributed by atoms with E-state index in [-0.39, 0.29) is 6.10 Å². The second-order valence-electron chi connectivity index (χ2n) is 6.17. The van der Waals surface area contributed by atoms with E-state index in [1.165, 1.54) is 44.0 Å². The van der Waals surface area contributed by atoms with Gasteiger partial charge in [-0.25, -0.2) is 0 Å². The Morgan fingerprint density at radius 2 is 1.81 bits per heavy atom. The van der Waals surface area contributed by atoms with Gasteiger partial charge in [-0.15, -0.1) is 0 Å². The normalized spacial score (nSPS) is 42.0. The summed E-state index contributed by atoms with van der Waals surface area (Å²) in [5.74, 6) is 0. The molecule has 0 amide bonds. The Balaban J connectivity index is 1.67. The van der Waals surface area contributed by atoms with Crippen LogP contribution in [0.3, 0.4) is 0 Å². The van der Waals surface area contributed by atoms with Crippen LogP contribution in [0, 0.1) is 5.41 Å². The average Bonchev–Trinajstić information content (AvgIpc) is 2.45. The fourth-order valence-corrected chi connectivity index (χ4v) is 4.64. The summed E-state index contributed by atoms with van der Waals surface area (Å²) in [7, 11) is 0. The third-order valence-electron chi connectivity index (χ3n) is 5.08. The minimum atomic E-state index is -0.0185. The van der Waals surface area contributed by atoms with Crippen molar-refractivity contribution in [2.45, 2.75) is 63.1 Å². The summed E-state index contributed by atoms with van der Waals surface area (Å²) in [6.07, 6.45) is 8.88. The van der Waals surface area contributed by atoms with Gasteiger partial charge in [-0.2, -0.15) is 0 Å². The quantitative estimate of drug-likeness (QED) is 0.807. The molecule has 1 N–H and O–H groups in total. The highest BCUT2D eigenvalue weighted by Gasteiger charge is 2.45. The number of alkyl halides is 1. The third kappa shape index (κ3) is 1.85. The minimum Gasteiger partial charge on any atom is -0.393 e. The zero-order valence-corrected chi connectivity index (χ0v) is 11.5. The lowest BCUT2D eigenvalue weighted by atomic mass is 9.69. The topological polar surface area (TPSA) is 23.5 Å². The lowest BCUT2D eigenvalue weighted by molar-refractivity contribution is -0.00446. The van der Waals surface area contributed by atoms with Crippen LogP contribution in [0.25, 0.3) is 0 Å². The van der Waals surface area contributed by atoms with Gasteiger partial charge in [0, 0.05) is 24.0 Å². The molecule has 16 heavy (non-hydrogen) atoms. The van der Waals surface area contributed by atoms with Crippen molar-refractivity contribution in [3.8, 4) is 0 Å². The van der Waals surface area contributed by atoms with Crippen LogP contribution in [-0.2, 0) is 0 Å². The number of hydrogen-bond donors (Lipinski definition) is 1. The van der Waals surface area contributed by atoms with Gasteiger partial charge in [0.15, 0.2) is 0 Å². The van der Waals surface area contributed by atoms with E-state index in [0.717, 1.165) is 12.8 Å². The van der Waals surface area contributed by atoms with Crippen molar-refractivity contribution in [1.29, 1.82) is 0 Å². The van der Waals surface area contributed by atoms with Crippen molar-refractivity contribution in [3.63, 3.8) is 0 Å². The SMILES string of the molecule is OC1CC2CCC(C1)N2CC1(CBr)CCC1. The molecule has 3 rings (SSSR count). The Bertz CT molecular complexity index is 247. The van der Waals surface area contributed by atoms with Crippen LogP contribution in [0.5, 0.6) is 0 Å². The van der Waals surface area contributed by atoms with Gasteiger partial charge < -0.3 is 5.11 Å². The van der Waals surface area contributed by atoms with Crippen molar-refractivity contribution in [3.05, 3.63) is 0 Å². The highest BCUT2D eigenvalue weighted by atomic mass is 79.9. The summed E-state index contributed by atoms with van der Waals surface area (Å²) in [5.41, 5.74) is 0.573. The van der Waals surface area contributed by atoms with Crippen LogP contribution in [0.15, 0.2) is 0 Å². The maximum absolute atomic E-state index is 9.80. The zero-order valence-electron chi connectivity index (χ0n) is 9.87. The average molecular weight is 288 g/mol. The zero-order chi connectivity index (χ0) is 11.2. The van der Waals surface area contributed by atoms with Crippen LogP contribution < -0.4 is 0 Å². The van der Waals surface area contributed by atoms with E-state index in [4.69, 9.17) is 0 Å². The maximum Gasteiger partial charge on any atom is 0.0570 e. The molecule has 3 heteroatoms. The molecule has 2 atom stereocenters. The van der Waals surface area contributed by atoms with Crippen LogP contribution in [0.1, 0.15) is 44.9 Å². The Kier molecular flexibility index (Phi) is 3.05. The van der Waals surface area contributed by atoms with Gasteiger partial charge >= 0.3 is 0 Å². The number of rotatable bonds is 3. The first-order valence-corrected chi connectivity index (χ1v) is 7.84. The molecule has 2 nitrogen and oxygen atoms in total. The monoisotopic (exact) mass is 287 g/mol. The van der Waals surface area contributed by atoms with E-state index in [1.807, 2.05) is 0 Å². The molecule has 0 spiro atoms. The molecular weight excluding hydrogens is 266 g/mol. The van der Waals surface area contributed by atoms with Gasteiger partial charge in [-0.3, -0.25) is 4.90 Å². The number of halogens is 1. The van der Waals surface area contributed by atoms with Crippen molar-refractivity contribution in [1.82, 2.24) is 4.90 Å². The molecule has 0 aromatic carbocycles. The molecule has 0 aromatic rings. The lowest BCUT2D eigenvalue weighted by Gasteiger charge is -2.48. The van der Waals surface area contributed by atoms with Crippen LogP contribution >= 0.6 is 15.9 Å². The van der Waals surface area contributed by atoms with Gasteiger partial charge in [0.05, 0.1) is 6.10 Å². The van der Waals surface area contributed by atoms with Gasteiger partial charge in [-0.1, -0.05) is 22.4 Å². The predicted octanol–water partition coefficient (Wildman–Crippen LogP) is 2.54. The van der Waals surface area contributed by atoms with Crippen LogP contribution in [-0.4, -0.2) is 40.1 Å². The summed E-state index contributed by atoms with van der Waals surface area (Å²) < 4.78 is 0. The summed E-state index contributed by atoms with van der Waals surface area (Å²) >= 11 is 3.71. The molecule has 2 saturated heterocycles. The van der Waals surface area contributed by atoms with E-state index in [0.29, 0.717) is 17.5 Å². The van der Waals surface area contributed by atoms with Gasteiger partial charge in [-0.05, 0) is 43.9 Å². The predicted molar refractivity (Wildman–Crippen MR) is 68.8 cm³/mol. The number of nitrogens with zero attached hydrogens (tertiary/aromatic N) is 1. The molecule has 0 aromatic heterocycles. The second-order valence-corrected chi connectivity index (χ2v) is 6.73. The number of aliphatic hydroxyl groups is 1. The van der Waals surface area contributed by atoms with Crippen molar-refractivity contribution >= 4 is 15.9 Å².